The van der Waals surface area contributed by atoms with E-state index in [1.165, 1.54) is 23.9 Å². The summed E-state index contributed by atoms with van der Waals surface area (Å²) in [6.45, 7) is 7.54. The number of amides is 4. The lowest BCUT2D eigenvalue weighted by Crippen LogP contribution is -2.24. The van der Waals surface area contributed by atoms with Crippen molar-refractivity contribution >= 4 is 23.6 Å². The monoisotopic (exact) mass is 284 g/mol. The van der Waals surface area contributed by atoms with Crippen molar-refractivity contribution in [3.63, 3.8) is 0 Å². The van der Waals surface area contributed by atoms with Crippen molar-refractivity contribution < 1.29 is 19.2 Å². The van der Waals surface area contributed by atoms with Crippen LogP contribution in [-0.2, 0) is 19.2 Å². The second-order valence-corrected chi connectivity index (χ2v) is 4.79. The van der Waals surface area contributed by atoms with Gasteiger partial charge in [-0.2, -0.15) is 0 Å². The van der Waals surface area contributed by atoms with Gasteiger partial charge >= 0.3 is 0 Å². The molecule has 2 saturated heterocycles. The predicted octanol–water partition coefficient (Wildman–Crippen LogP) is 1.05. The van der Waals surface area contributed by atoms with Gasteiger partial charge in [-0.05, 0) is 0 Å². The molecule has 4 amide bonds. The zero-order valence-corrected chi connectivity index (χ0v) is 13.1. The van der Waals surface area contributed by atoms with Gasteiger partial charge in [0.15, 0.2) is 0 Å². The van der Waals surface area contributed by atoms with E-state index >= 15 is 0 Å². The Bertz CT molecular complexity index is 368. The Balaban J connectivity index is 0.000000321. The van der Waals surface area contributed by atoms with Crippen LogP contribution in [-0.4, -0.2) is 47.5 Å². The van der Waals surface area contributed by atoms with Crippen molar-refractivity contribution in [3.8, 4) is 0 Å². The zero-order chi connectivity index (χ0) is 16.0. The molecule has 20 heavy (non-hydrogen) atoms. The number of hydrogen-bond acceptors (Lipinski definition) is 4. The van der Waals surface area contributed by atoms with Crippen LogP contribution < -0.4 is 0 Å². The number of hydrogen-bond donors (Lipinski definition) is 0. The summed E-state index contributed by atoms with van der Waals surface area (Å²) in [5.74, 6) is -0.426. The van der Waals surface area contributed by atoms with Gasteiger partial charge in [0.05, 0.1) is 0 Å². The van der Waals surface area contributed by atoms with Crippen LogP contribution in [0, 0.1) is 11.8 Å². The largest absolute Gasteiger partial charge is 0.286 e. The number of carbonyl (C=O) groups is 4. The van der Waals surface area contributed by atoms with Crippen LogP contribution in [0.15, 0.2) is 0 Å². The quantitative estimate of drug-likeness (QED) is 0.623. The number of carbonyl (C=O) groups excluding carboxylic acids is 4. The summed E-state index contributed by atoms with van der Waals surface area (Å²) >= 11 is 0. The van der Waals surface area contributed by atoms with Gasteiger partial charge in [0.2, 0.25) is 23.6 Å². The molecule has 0 aromatic heterocycles. The summed E-state index contributed by atoms with van der Waals surface area (Å²) < 4.78 is 0. The Morgan fingerprint density at radius 2 is 1.00 bits per heavy atom. The summed E-state index contributed by atoms with van der Waals surface area (Å²) in [6.07, 6.45) is 0.769. The standard InChI is InChI=1S/2C6H9NO2.C2H6/c2*1-4-3-5(8)7(2)6(4)9;1-2/h2*4H,3H2,1-2H3;1-2H3. The molecule has 2 atom stereocenters. The minimum Gasteiger partial charge on any atom is -0.286 e. The molecule has 0 saturated carbocycles. The molecule has 2 aliphatic rings. The van der Waals surface area contributed by atoms with Crippen LogP contribution in [0.2, 0.25) is 0 Å². The summed E-state index contributed by atoms with van der Waals surface area (Å²) in [5, 5.41) is 0. The maximum Gasteiger partial charge on any atom is 0.232 e. The highest BCUT2D eigenvalue weighted by atomic mass is 16.2. The molecule has 2 aliphatic heterocycles. The first-order chi connectivity index (χ1) is 9.25. The Kier molecular flexibility index (Phi) is 7.10. The Morgan fingerprint density at radius 1 is 0.750 bits per heavy atom. The fraction of sp³-hybridized carbons (Fsp3) is 0.714. The van der Waals surface area contributed by atoms with Crippen LogP contribution in [0.5, 0.6) is 0 Å². The Hall–Kier alpha value is -1.72. The van der Waals surface area contributed by atoms with Crippen LogP contribution in [0.4, 0.5) is 0 Å². The molecule has 6 heteroatoms. The first kappa shape index (κ1) is 18.3. The van der Waals surface area contributed by atoms with Crippen molar-refractivity contribution in [2.75, 3.05) is 14.1 Å². The lowest BCUT2D eigenvalue weighted by atomic mass is 10.1. The smallest absolute Gasteiger partial charge is 0.232 e. The molecular weight excluding hydrogens is 260 g/mol. The van der Waals surface area contributed by atoms with Gasteiger partial charge in [0.25, 0.3) is 0 Å². The number of imide groups is 2. The number of rotatable bonds is 0. The molecule has 6 nitrogen and oxygen atoms in total. The predicted molar refractivity (Wildman–Crippen MR) is 74.5 cm³/mol. The van der Waals surface area contributed by atoms with E-state index in [1.807, 2.05) is 13.8 Å². The average molecular weight is 284 g/mol. The van der Waals surface area contributed by atoms with Crippen molar-refractivity contribution in [1.82, 2.24) is 9.80 Å². The molecule has 114 valence electrons. The molecule has 0 aliphatic carbocycles. The number of likely N-dealkylation sites (tertiary alicyclic amines) is 2. The maximum absolute atomic E-state index is 10.8. The Labute approximate surface area is 120 Å². The van der Waals surface area contributed by atoms with Crippen LogP contribution >= 0.6 is 0 Å². The first-order valence-electron chi connectivity index (χ1n) is 6.86. The van der Waals surface area contributed by atoms with Crippen LogP contribution in [0.25, 0.3) is 0 Å². The van der Waals surface area contributed by atoms with E-state index in [2.05, 4.69) is 0 Å². The normalized spacial score (nSPS) is 25.3. The lowest BCUT2D eigenvalue weighted by Gasteiger charge is -2.03. The van der Waals surface area contributed by atoms with Gasteiger partial charge in [-0.1, -0.05) is 27.7 Å². The number of nitrogens with zero attached hydrogens (tertiary/aromatic N) is 2. The van der Waals surface area contributed by atoms with E-state index in [4.69, 9.17) is 0 Å². The van der Waals surface area contributed by atoms with E-state index in [0.29, 0.717) is 12.8 Å². The van der Waals surface area contributed by atoms with E-state index < -0.39 is 0 Å². The molecule has 0 N–H and O–H groups in total. The second-order valence-electron chi connectivity index (χ2n) is 4.79. The van der Waals surface area contributed by atoms with E-state index in [9.17, 15) is 19.2 Å². The third-order valence-electron chi connectivity index (χ3n) is 3.21. The molecule has 0 spiro atoms. The van der Waals surface area contributed by atoms with Crippen molar-refractivity contribution in [3.05, 3.63) is 0 Å². The highest BCUT2D eigenvalue weighted by Gasteiger charge is 2.32. The third kappa shape index (κ3) is 4.15. The van der Waals surface area contributed by atoms with Crippen LogP contribution in [0.1, 0.15) is 40.5 Å². The Morgan fingerprint density at radius 3 is 1.05 bits per heavy atom. The van der Waals surface area contributed by atoms with Crippen molar-refractivity contribution in [2.24, 2.45) is 11.8 Å². The van der Waals surface area contributed by atoms with Gasteiger partial charge in [0, 0.05) is 38.8 Å². The molecule has 2 unspecified atom stereocenters. The minimum atomic E-state index is -0.0949. The van der Waals surface area contributed by atoms with Gasteiger partial charge in [-0.3, -0.25) is 29.0 Å². The summed E-state index contributed by atoms with van der Waals surface area (Å²) in [6, 6.07) is 0. The van der Waals surface area contributed by atoms with E-state index in [0.717, 1.165) is 0 Å². The molecule has 2 heterocycles. The molecule has 0 bridgehead atoms. The first-order valence-corrected chi connectivity index (χ1v) is 6.86. The molecule has 2 rings (SSSR count). The minimum absolute atomic E-state index is 0.0556. The van der Waals surface area contributed by atoms with Gasteiger partial charge in [0.1, 0.15) is 0 Å². The lowest BCUT2D eigenvalue weighted by molar-refractivity contribution is -0.139. The highest BCUT2D eigenvalue weighted by molar-refractivity contribution is 6.03. The fourth-order valence-electron chi connectivity index (χ4n) is 1.88. The van der Waals surface area contributed by atoms with E-state index in [1.54, 1.807) is 13.8 Å². The molecular formula is C14H24N2O4. The van der Waals surface area contributed by atoms with Gasteiger partial charge in [-0.15, -0.1) is 0 Å². The topological polar surface area (TPSA) is 74.8 Å². The highest BCUT2D eigenvalue weighted by Crippen LogP contribution is 2.16. The third-order valence-corrected chi connectivity index (χ3v) is 3.21. The second kappa shape index (κ2) is 7.77. The average Bonchev–Trinajstić information content (AvgIpc) is 2.78. The van der Waals surface area contributed by atoms with Gasteiger partial charge < -0.3 is 0 Å². The molecule has 0 aromatic rings. The SMILES string of the molecule is CC.CC1CC(=O)N(C)C1=O.CC1CC(=O)N(C)C1=O. The molecule has 2 fully saturated rings. The van der Waals surface area contributed by atoms with Crippen molar-refractivity contribution in [1.29, 1.82) is 0 Å². The fourth-order valence-corrected chi connectivity index (χ4v) is 1.88. The van der Waals surface area contributed by atoms with Crippen LogP contribution in [0.3, 0.4) is 0 Å². The summed E-state index contributed by atoms with van der Waals surface area (Å²) in [5.41, 5.74) is 0. The zero-order valence-electron chi connectivity index (χ0n) is 13.1. The maximum atomic E-state index is 10.8. The molecule has 0 radical (unpaired) electrons. The summed E-state index contributed by atoms with van der Waals surface area (Å²) in [7, 11) is 3.04. The van der Waals surface area contributed by atoms with E-state index in [-0.39, 0.29) is 35.5 Å². The molecule has 0 aromatic carbocycles. The van der Waals surface area contributed by atoms with Crippen molar-refractivity contribution in [2.45, 2.75) is 40.5 Å². The summed E-state index contributed by atoms with van der Waals surface area (Å²) in [4.78, 5) is 45.4. The van der Waals surface area contributed by atoms with Gasteiger partial charge in [-0.25, -0.2) is 0 Å².